The number of hydrogen-bond acceptors (Lipinski definition) is 2. The minimum Gasteiger partial charge on any atom is -0.481 e. The van der Waals surface area contributed by atoms with Crippen LogP contribution in [0.1, 0.15) is 5.69 Å². The molecular weight excluding hydrogens is 344 g/mol. The molecule has 0 atom stereocenters. The first-order chi connectivity index (χ1) is 9.40. The van der Waals surface area contributed by atoms with Crippen molar-refractivity contribution in [3.8, 4) is 11.1 Å². The van der Waals surface area contributed by atoms with Crippen molar-refractivity contribution in [1.82, 2.24) is 4.98 Å². The number of carbonyl (C=O) groups is 1. The van der Waals surface area contributed by atoms with Crippen molar-refractivity contribution in [2.24, 2.45) is 0 Å². The van der Waals surface area contributed by atoms with Crippen LogP contribution in [0.25, 0.3) is 11.1 Å². The lowest BCUT2D eigenvalue weighted by molar-refractivity contribution is -0.136. The van der Waals surface area contributed by atoms with Crippen molar-refractivity contribution in [2.75, 3.05) is 0 Å². The van der Waals surface area contributed by atoms with Gasteiger partial charge in [-0.3, -0.25) is 9.78 Å². The zero-order chi connectivity index (χ0) is 14.9. The number of aromatic nitrogens is 1. The van der Waals surface area contributed by atoms with Gasteiger partial charge in [-0.15, -0.1) is 0 Å². The van der Waals surface area contributed by atoms with Crippen LogP contribution in [0.15, 0.2) is 24.4 Å². The minimum absolute atomic E-state index is 0.233. The molecule has 0 aliphatic heterocycles. The van der Waals surface area contributed by atoms with Crippen LogP contribution in [0.5, 0.6) is 0 Å². The molecule has 0 bridgehead atoms. The van der Waals surface area contributed by atoms with Gasteiger partial charge in [0.05, 0.1) is 32.2 Å². The zero-order valence-corrected chi connectivity index (χ0v) is 12.9. The third-order valence-electron chi connectivity index (χ3n) is 2.57. The third-order valence-corrected chi connectivity index (χ3v) is 4.02. The predicted octanol–water partition coefficient (Wildman–Crippen LogP) is 4.99. The number of carboxylic acids is 1. The largest absolute Gasteiger partial charge is 0.481 e. The van der Waals surface area contributed by atoms with Crippen molar-refractivity contribution in [3.63, 3.8) is 0 Å². The van der Waals surface area contributed by atoms with Crippen LogP contribution < -0.4 is 0 Å². The topological polar surface area (TPSA) is 50.2 Å². The maximum atomic E-state index is 10.7. The van der Waals surface area contributed by atoms with E-state index >= 15 is 0 Å². The molecule has 7 heteroatoms. The van der Waals surface area contributed by atoms with Crippen LogP contribution in [0.4, 0.5) is 0 Å². The molecule has 0 spiro atoms. The maximum absolute atomic E-state index is 10.7. The van der Waals surface area contributed by atoms with Gasteiger partial charge >= 0.3 is 5.97 Å². The molecular formula is C13H7Cl4NO2. The van der Waals surface area contributed by atoms with Gasteiger partial charge in [0.25, 0.3) is 0 Å². The number of halogens is 4. The van der Waals surface area contributed by atoms with Crippen molar-refractivity contribution < 1.29 is 9.90 Å². The van der Waals surface area contributed by atoms with E-state index in [0.29, 0.717) is 26.2 Å². The standard InChI is InChI=1S/C13H7Cl4NO2/c14-7-1-2-8(15)13(17)12(7)6-3-9(16)10(18-5-6)4-11(19)20/h1-3,5H,4H2,(H,19,20). The van der Waals surface area contributed by atoms with E-state index in [1.54, 1.807) is 18.2 Å². The number of aliphatic carboxylic acids is 1. The lowest BCUT2D eigenvalue weighted by Crippen LogP contribution is -2.03. The second-order valence-electron chi connectivity index (χ2n) is 3.94. The normalized spacial score (nSPS) is 10.6. The SMILES string of the molecule is O=C(O)Cc1ncc(-c2c(Cl)ccc(Cl)c2Cl)cc1Cl. The summed E-state index contributed by atoms with van der Waals surface area (Å²) in [6, 6.07) is 4.77. The first kappa shape index (κ1) is 15.4. The predicted molar refractivity (Wildman–Crippen MR) is 81.1 cm³/mol. The average Bonchev–Trinajstić information content (AvgIpc) is 2.37. The quantitative estimate of drug-likeness (QED) is 0.793. The molecule has 0 amide bonds. The fourth-order valence-electron chi connectivity index (χ4n) is 1.67. The molecule has 2 aromatic rings. The molecule has 0 unspecified atom stereocenters. The van der Waals surface area contributed by atoms with E-state index in [1.807, 2.05) is 0 Å². The number of hydrogen-bond donors (Lipinski definition) is 1. The highest BCUT2D eigenvalue weighted by atomic mass is 35.5. The summed E-state index contributed by atoms with van der Waals surface area (Å²) >= 11 is 24.2. The van der Waals surface area contributed by atoms with Crippen LogP contribution in [-0.4, -0.2) is 16.1 Å². The molecule has 1 aromatic carbocycles. The van der Waals surface area contributed by atoms with Gasteiger partial charge in [0.2, 0.25) is 0 Å². The molecule has 0 aliphatic carbocycles. The van der Waals surface area contributed by atoms with Gasteiger partial charge in [0.15, 0.2) is 0 Å². The van der Waals surface area contributed by atoms with Crippen LogP contribution in [-0.2, 0) is 11.2 Å². The molecule has 0 fully saturated rings. The van der Waals surface area contributed by atoms with E-state index in [0.717, 1.165) is 0 Å². The summed E-state index contributed by atoms with van der Waals surface area (Å²) in [4.78, 5) is 14.7. The Kier molecular flexibility index (Phi) is 4.76. The molecule has 1 heterocycles. The van der Waals surface area contributed by atoms with Crippen molar-refractivity contribution in [2.45, 2.75) is 6.42 Å². The summed E-state index contributed by atoms with van der Waals surface area (Å²) in [5, 5.41) is 10.0. The van der Waals surface area contributed by atoms with E-state index in [-0.39, 0.29) is 17.1 Å². The number of benzene rings is 1. The van der Waals surface area contributed by atoms with Gasteiger partial charge in [-0.1, -0.05) is 46.4 Å². The average molecular weight is 351 g/mol. The van der Waals surface area contributed by atoms with Crippen molar-refractivity contribution >= 4 is 52.4 Å². The Bertz CT molecular complexity index is 688. The Balaban J connectivity index is 2.52. The summed E-state index contributed by atoms with van der Waals surface area (Å²) < 4.78 is 0. The molecule has 0 saturated heterocycles. The second kappa shape index (κ2) is 6.19. The molecule has 0 radical (unpaired) electrons. The Morgan fingerprint density at radius 2 is 1.75 bits per heavy atom. The van der Waals surface area contributed by atoms with Crippen LogP contribution in [0, 0.1) is 0 Å². The Hall–Kier alpha value is -1.000. The summed E-state index contributed by atoms with van der Waals surface area (Å²) in [6.45, 7) is 0. The molecule has 1 aromatic heterocycles. The third kappa shape index (κ3) is 3.18. The molecule has 3 nitrogen and oxygen atoms in total. The summed E-state index contributed by atoms with van der Waals surface area (Å²) in [5.41, 5.74) is 1.36. The lowest BCUT2D eigenvalue weighted by Gasteiger charge is -2.10. The zero-order valence-electron chi connectivity index (χ0n) is 9.83. The van der Waals surface area contributed by atoms with Crippen LogP contribution in [0.2, 0.25) is 20.1 Å². The summed E-state index contributed by atoms with van der Waals surface area (Å²) in [6.07, 6.45) is 1.21. The summed E-state index contributed by atoms with van der Waals surface area (Å²) in [5.74, 6) is -1.01. The number of carboxylic acid groups (broad SMARTS) is 1. The molecule has 1 N–H and O–H groups in total. The fourth-order valence-corrected chi connectivity index (χ4v) is 2.65. The number of rotatable bonds is 3. The summed E-state index contributed by atoms with van der Waals surface area (Å²) in [7, 11) is 0. The highest BCUT2D eigenvalue weighted by Gasteiger charge is 2.15. The van der Waals surface area contributed by atoms with Gasteiger partial charge in [-0.25, -0.2) is 0 Å². The van der Waals surface area contributed by atoms with E-state index < -0.39 is 5.97 Å². The highest BCUT2D eigenvalue weighted by molar-refractivity contribution is 6.46. The number of pyridine rings is 1. The fraction of sp³-hybridized carbons (Fsp3) is 0.0769. The first-order valence-corrected chi connectivity index (χ1v) is 6.91. The van der Waals surface area contributed by atoms with Gasteiger partial charge in [0.1, 0.15) is 0 Å². The van der Waals surface area contributed by atoms with E-state index in [1.165, 1.54) is 6.20 Å². The minimum atomic E-state index is -1.01. The molecule has 2 rings (SSSR count). The smallest absolute Gasteiger partial charge is 0.309 e. The monoisotopic (exact) mass is 349 g/mol. The first-order valence-electron chi connectivity index (χ1n) is 5.40. The van der Waals surface area contributed by atoms with Crippen LogP contribution in [0.3, 0.4) is 0 Å². The Morgan fingerprint density at radius 1 is 1.10 bits per heavy atom. The van der Waals surface area contributed by atoms with E-state index in [9.17, 15) is 4.79 Å². The van der Waals surface area contributed by atoms with Crippen LogP contribution >= 0.6 is 46.4 Å². The van der Waals surface area contributed by atoms with Gasteiger partial charge in [-0.05, 0) is 18.2 Å². The lowest BCUT2D eigenvalue weighted by atomic mass is 10.1. The van der Waals surface area contributed by atoms with Crippen molar-refractivity contribution in [1.29, 1.82) is 0 Å². The van der Waals surface area contributed by atoms with Gasteiger partial charge in [0, 0.05) is 17.3 Å². The second-order valence-corrected chi connectivity index (χ2v) is 5.54. The maximum Gasteiger partial charge on any atom is 0.309 e. The highest BCUT2D eigenvalue weighted by Crippen LogP contribution is 2.39. The van der Waals surface area contributed by atoms with Crippen molar-refractivity contribution in [3.05, 3.63) is 50.2 Å². The molecule has 104 valence electrons. The molecule has 20 heavy (non-hydrogen) atoms. The van der Waals surface area contributed by atoms with Gasteiger partial charge in [-0.2, -0.15) is 0 Å². The number of nitrogens with zero attached hydrogens (tertiary/aromatic N) is 1. The Labute approximate surface area is 135 Å². The molecule has 0 saturated carbocycles. The Morgan fingerprint density at radius 3 is 2.35 bits per heavy atom. The molecule has 0 aliphatic rings. The van der Waals surface area contributed by atoms with Gasteiger partial charge < -0.3 is 5.11 Å². The van der Waals surface area contributed by atoms with E-state index in [2.05, 4.69) is 4.98 Å². The van der Waals surface area contributed by atoms with E-state index in [4.69, 9.17) is 51.5 Å².